The van der Waals surface area contributed by atoms with Crippen molar-refractivity contribution >= 4 is 17.7 Å². The summed E-state index contributed by atoms with van der Waals surface area (Å²) in [6.07, 6.45) is 2.10. The molecular formula is C24H25F2N3O4. The lowest BCUT2D eigenvalue weighted by Gasteiger charge is -2.28. The Morgan fingerprint density at radius 1 is 1.09 bits per heavy atom. The van der Waals surface area contributed by atoms with Crippen LogP contribution in [0.2, 0.25) is 0 Å². The van der Waals surface area contributed by atoms with Crippen LogP contribution in [0.1, 0.15) is 36.6 Å². The molecule has 0 aromatic heterocycles. The molecule has 0 radical (unpaired) electrons. The molecule has 9 heteroatoms. The zero-order valence-corrected chi connectivity index (χ0v) is 18.2. The van der Waals surface area contributed by atoms with E-state index in [-0.39, 0.29) is 23.9 Å². The number of aliphatic hydroxyl groups excluding tert-OH is 1. The van der Waals surface area contributed by atoms with Crippen LogP contribution in [0.5, 0.6) is 0 Å². The van der Waals surface area contributed by atoms with Gasteiger partial charge in [0.25, 0.3) is 5.91 Å². The summed E-state index contributed by atoms with van der Waals surface area (Å²) >= 11 is 0. The van der Waals surface area contributed by atoms with Crippen LogP contribution in [0.4, 0.5) is 8.78 Å². The van der Waals surface area contributed by atoms with E-state index in [2.05, 4.69) is 10.6 Å². The van der Waals surface area contributed by atoms with Crippen molar-refractivity contribution in [3.63, 3.8) is 0 Å². The van der Waals surface area contributed by atoms with E-state index in [0.717, 1.165) is 17.7 Å². The number of nitrogens with zero attached hydrogens (tertiary/aromatic N) is 1. The third-order valence-corrected chi connectivity index (χ3v) is 5.41. The predicted octanol–water partition coefficient (Wildman–Crippen LogP) is 2.15. The highest BCUT2D eigenvalue weighted by molar-refractivity contribution is 5.93. The molecule has 3 N–H and O–H groups in total. The van der Waals surface area contributed by atoms with Crippen LogP contribution in [0.15, 0.2) is 60.7 Å². The molecule has 0 saturated heterocycles. The topological polar surface area (TPSA) is 98.7 Å². The number of amides is 3. The monoisotopic (exact) mass is 457 g/mol. The van der Waals surface area contributed by atoms with Gasteiger partial charge in [0, 0.05) is 13.1 Å². The van der Waals surface area contributed by atoms with Gasteiger partial charge in [0.2, 0.25) is 11.8 Å². The maximum Gasteiger partial charge on any atom is 0.254 e. The Labute approximate surface area is 190 Å². The van der Waals surface area contributed by atoms with Crippen molar-refractivity contribution in [3.8, 4) is 0 Å². The summed E-state index contributed by atoms with van der Waals surface area (Å²) in [6, 6.07) is 9.49. The molecule has 0 unspecified atom stereocenters. The van der Waals surface area contributed by atoms with Crippen molar-refractivity contribution in [2.45, 2.75) is 37.6 Å². The Bertz CT molecular complexity index is 1040. The second-order valence-corrected chi connectivity index (χ2v) is 7.87. The van der Waals surface area contributed by atoms with Crippen molar-refractivity contribution in [2.24, 2.45) is 0 Å². The molecule has 3 amide bonds. The zero-order chi connectivity index (χ0) is 24.1. The number of rotatable bonds is 6. The number of hydrogen-bond donors (Lipinski definition) is 3. The molecule has 7 nitrogen and oxygen atoms in total. The van der Waals surface area contributed by atoms with Crippen LogP contribution in [-0.4, -0.2) is 46.9 Å². The molecule has 2 aromatic carbocycles. The first-order valence-corrected chi connectivity index (χ1v) is 10.4. The first kappa shape index (κ1) is 24.1. The SMILES string of the molecule is C[C@H](NC(=O)[C@@H](O)c1cc(F)cc(F)c1)C(=O)N[C@H]1CC=C[C@@H](c2ccccc2)N(C)C1=O. The number of nitrogens with one attached hydrogen (secondary N) is 2. The van der Waals surface area contributed by atoms with Crippen molar-refractivity contribution in [1.29, 1.82) is 0 Å². The van der Waals surface area contributed by atoms with Crippen LogP contribution >= 0.6 is 0 Å². The van der Waals surface area contributed by atoms with Gasteiger partial charge in [0.05, 0.1) is 6.04 Å². The van der Waals surface area contributed by atoms with Gasteiger partial charge in [-0.1, -0.05) is 42.5 Å². The third-order valence-electron chi connectivity index (χ3n) is 5.41. The minimum Gasteiger partial charge on any atom is -0.378 e. The molecule has 0 aliphatic carbocycles. The first-order valence-electron chi connectivity index (χ1n) is 10.4. The smallest absolute Gasteiger partial charge is 0.254 e. The van der Waals surface area contributed by atoms with Crippen molar-refractivity contribution < 1.29 is 28.3 Å². The predicted molar refractivity (Wildman–Crippen MR) is 117 cm³/mol. The summed E-state index contributed by atoms with van der Waals surface area (Å²) in [5.74, 6) is -3.83. The number of hydrogen-bond acceptors (Lipinski definition) is 4. The highest BCUT2D eigenvalue weighted by atomic mass is 19.1. The number of halogens is 2. The van der Waals surface area contributed by atoms with Gasteiger partial charge in [0.1, 0.15) is 23.7 Å². The average molecular weight is 457 g/mol. The lowest BCUT2D eigenvalue weighted by molar-refractivity contribution is -0.137. The van der Waals surface area contributed by atoms with E-state index in [1.165, 1.54) is 11.8 Å². The lowest BCUT2D eigenvalue weighted by atomic mass is 10.1. The fraction of sp³-hybridized carbons (Fsp3) is 0.292. The maximum absolute atomic E-state index is 13.4. The van der Waals surface area contributed by atoms with Crippen LogP contribution in [-0.2, 0) is 14.4 Å². The van der Waals surface area contributed by atoms with Gasteiger partial charge in [-0.05, 0) is 36.6 Å². The quantitative estimate of drug-likeness (QED) is 0.579. The summed E-state index contributed by atoms with van der Waals surface area (Å²) in [7, 11) is 1.65. The highest BCUT2D eigenvalue weighted by Crippen LogP contribution is 2.25. The minimum absolute atomic E-state index is 0.268. The third kappa shape index (κ3) is 5.81. The summed E-state index contributed by atoms with van der Waals surface area (Å²) in [4.78, 5) is 39.4. The number of likely N-dealkylation sites (N-methyl/N-ethyl adjacent to an activating group) is 1. The van der Waals surface area contributed by atoms with Gasteiger partial charge in [-0.3, -0.25) is 14.4 Å². The standard InChI is InChI=1S/C24H25F2N3O4/c1-14(27-23(32)21(30)16-11-17(25)13-18(26)12-16)22(31)28-19-9-6-10-20(29(2)24(19)33)15-7-4-3-5-8-15/h3-8,10-14,19-21,30H,9H2,1-2H3,(H,27,32)(H,28,31)/t14-,19-,20-,21-/m0/s1. The van der Waals surface area contributed by atoms with E-state index < -0.39 is 41.6 Å². The fourth-order valence-corrected chi connectivity index (χ4v) is 3.60. The Kier molecular flexibility index (Phi) is 7.55. The number of aliphatic hydroxyl groups is 1. The molecule has 33 heavy (non-hydrogen) atoms. The van der Waals surface area contributed by atoms with E-state index in [1.54, 1.807) is 7.05 Å². The summed E-state index contributed by atoms with van der Waals surface area (Å²) < 4.78 is 26.7. The Morgan fingerprint density at radius 2 is 1.73 bits per heavy atom. The molecule has 174 valence electrons. The Hall–Kier alpha value is -3.59. The normalized spacial score (nSPS) is 20.0. The second kappa shape index (κ2) is 10.4. The largest absolute Gasteiger partial charge is 0.378 e. The van der Waals surface area contributed by atoms with Crippen molar-refractivity contribution in [2.75, 3.05) is 7.05 Å². The summed E-state index contributed by atoms with van der Waals surface area (Å²) in [5.41, 5.74) is 0.648. The Morgan fingerprint density at radius 3 is 2.36 bits per heavy atom. The van der Waals surface area contributed by atoms with Gasteiger partial charge in [-0.25, -0.2) is 8.78 Å². The minimum atomic E-state index is -1.87. The van der Waals surface area contributed by atoms with E-state index in [4.69, 9.17) is 0 Å². The summed E-state index contributed by atoms with van der Waals surface area (Å²) in [6.45, 7) is 1.37. The van der Waals surface area contributed by atoms with Gasteiger partial charge in [-0.15, -0.1) is 0 Å². The Balaban J connectivity index is 1.61. The van der Waals surface area contributed by atoms with Crippen LogP contribution in [0, 0.1) is 11.6 Å². The molecule has 2 aromatic rings. The summed E-state index contributed by atoms with van der Waals surface area (Å²) in [5, 5.41) is 15.0. The molecule has 0 spiro atoms. The molecule has 1 aliphatic heterocycles. The van der Waals surface area contributed by atoms with Gasteiger partial charge >= 0.3 is 0 Å². The van der Waals surface area contributed by atoms with Crippen LogP contribution in [0.25, 0.3) is 0 Å². The molecule has 0 fully saturated rings. The highest BCUT2D eigenvalue weighted by Gasteiger charge is 2.31. The lowest BCUT2D eigenvalue weighted by Crippen LogP contribution is -2.53. The van der Waals surface area contributed by atoms with E-state index in [1.807, 2.05) is 42.5 Å². The van der Waals surface area contributed by atoms with Crippen molar-refractivity contribution in [1.82, 2.24) is 15.5 Å². The molecular weight excluding hydrogens is 432 g/mol. The fourth-order valence-electron chi connectivity index (χ4n) is 3.60. The van der Waals surface area contributed by atoms with Crippen LogP contribution in [0.3, 0.4) is 0 Å². The second-order valence-electron chi connectivity index (χ2n) is 7.87. The molecule has 4 atom stereocenters. The average Bonchev–Trinajstić information content (AvgIpc) is 2.92. The number of carbonyl (C=O) groups is 3. The van der Waals surface area contributed by atoms with Gasteiger partial charge in [-0.2, -0.15) is 0 Å². The molecule has 1 aliphatic rings. The van der Waals surface area contributed by atoms with E-state index >= 15 is 0 Å². The van der Waals surface area contributed by atoms with Crippen LogP contribution < -0.4 is 10.6 Å². The van der Waals surface area contributed by atoms with Crippen molar-refractivity contribution in [3.05, 3.63) is 83.4 Å². The molecule has 0 saturated carbocycles. The molecule has 3 rings (SSSR count). The van der Waals surface area contributed by atoms with Gasteiger partial charge < -0.3 is 20.6 Å². The molecule has 0 bridgehead atoms. The maximum atomic E-state index is 13.4. The number of carbonyl (C=O) groups excluding carboxylic acids is 3. The zero-order valence-electron chi connectivity index (χ0n) is 18.2. The van der Waals surface area contributed by atoms with E-state index in [9.17, 15) is 28.3 Å². The number of benzene rings is 2. The molecule has 1 heterocycles. The first-order chi connectivity index (χ1) is 15.7. The van der Waals surface area contributed by atoms with Gasteiger partial charge in [0.15, 0.2) is 6.10 Å². The van der Waals surface area contributed by atoms with E-state index in [0.29, 0.717) is 6.07 Å².